The molecule has 2 aromatic rings. The molecule has 0 bridgehead atoms. The van der Waals surface area contributed by atoms with E-state index in [1.807, 2.05) is 19.1 Å². The number of nitrogens with zero attached hydrogens (tertiary/aromatic N) is 2. The summed E-state index contributed by atoms with van der Waals surface area (Å²) < 4.78 is 0. The Morgan fingerprint density at radius 2 is 2.16 bits per heavy atom. The lowest BCUT2D eigenvalue weighted by Crippen LogP contribution is -2.24. The van der Waals surface area contributed by atoms with Crippen molar-refractivity contribution in [2.45, 2.75) is 12.1 Å². The van der Waals surface area contributed by atoms with Gasteiger partial charge < -0.3 is 5.32 Å². The Hall–Kier alpha value is -1.53. The summed E-state index contributed by atoms with van der Waals surface area (Å²) in [5, 5.41) is 10.8. The van der Waals surface area contributed by atoms with E-state index in [0.29, 0.717) is 28.3 Å². The molecule has 2 N–H and O–H groups in total. The van der Waals surface area contributed by atoms with E-state index in [1.54, 1.807) is 12.1 Å². The zero-order valence-corrected chi connectivity index (χ0v) is 11.9. The molecular formula is C12H13ClN4OS. The number of benzene rings is 1. The van der Waals surface area contributed by atoms with Crippen molar-refractivity contribution in [1.29, 1.82) is 0 Å². The molecule has 0 atom stereocenters. The van der Waals surface area contributed by atoms with Gasteiger partial charge in [0.05, 0.1) is 5.75 Å². The van der Waals surface area contributed by atoms with Crippen molar-refractivity contribution in [1.82, 2.24) is 20.5 Å². The SMILES string of the molecule is CCNC(=O)CSc1n[nH]c(-c2ccc(Cl)cc2)n1. The quantitative estimate of drug-likeness (QED) is 0.831. The molecule has 0 aliphatic carbocycles. The van der Waals surface area contributed by atoms with Crippen molar-refractivity contribution in [2.24, 2.45) is 0 Å². The third kappa shape index (κ3) is 3.97. The van der Waals surface area contributed by atoms with Gasteiger partial charge in [0.1, 0.15) is 0 Å². The summed E-state index contributed by atoms with van der Waals surface area (Å²) in [5.74, 6) is 0.951. The molecule has 7 heteroatoms. The molecule has 2 rings (SSSR count). The van der Waals surface area contributed by atoms with Gasteiger partial charge in [0.25, 0.3) is 0 Å². The number of nitrogens with one attached hydrogen (secondary N) is 2. The topological polar surface area (TPSA) is 70.7 Å². The van der Waals surface area contributed by atoms with Gasteiger partial charge in [-0.1, -0.05) is 23.4 Å². The molecule has 0 fully saturated rings. The zero-order valence-electron chi connectivity index (χ0n) is 10.3. The highest BCUT2D eigenvalue weighted by atomic mass is 35.5. The lowest BCUT2D eigenvalue weighted by atomic mass is 10.2. The normalized spacial score (nSPS) is 10.4. The van der Waals surface area contributed by atoms with Gasteiger partial charge in [-0.3, -0.25) is 9.89 Å². The van der Waals surface area contributed by atoms with Crippen LogP contribution in [-0.2, 0) is 4.79 Å². The second kappa shape index (κ2) is 6.58. The van der Waals surface area contributed by atoms with Gasteiger partial charge in [-0.15, -0.1) is 5.10 Å². The average Bonchev–Trinajstić information content (AvgIpc) is 2.86. The van der Waals surface area contributed by atoms with Gasteiger partial charge >= 0.3 is 0 Å². The Bertz CT molecular complexity index is 555. The fourth-order valence-electron chi connectivity index (χ4n) is 1.43. The largest absolute Gasteiger partial charge is 0.356 e. The van der Waals surface area contributed by atoms with Crippen LogP contribution in [0.1, 0.15) is 6.92 Å². The summed E-state index contributed by atoms with van der Waals surface area (Å²) in [5.41, 5.74) is 0.904. The monoisotopic (exact) mass is 296 g/mol. The van der Waals surface area contributed by atoms with Crippen LogP contribution in [-0.4, -0.2) is 33.4 Å². The number of aromatic amines is 1. The van der Waals surface area contributed by atoms with Gasteiger partial charge in [-0.2, -0.15) is 0 Å². The maximum absolute atomic E-state index is 11.3. The lowest BCUT2D eigenvalue weighted by molar-refractivity contribution is -0.118. The van der Waals surface area contributed by atoms with Gasteiger partial charge in [-0.05, 0) is 31.2 Å². The molecule has 0 saturated heterocycles. The first kappa shape index (κ1) is 13.9. The summed E-state index contributed by atoms with van der Waals surface area (Å²) in [6.07, 6.45) is 0. The summed E-state index contributed by atoms with van der Waals surface area (Å²) in [7, 11) is 0. The van der Waals surface area contributed by atoms with Gasteiger partial charge in [0, 0.05) is 17.1 Å². The van der Waals surface area contributed by atoms with E-state index < -0.39 is 0 Å². The minimum absolute atomic E-state index is 0.0228. The van der Waals surface area contributed by atoms with Crippen LogP contribution in [0.2, 0.25) is 5.02 Å². The Morgan fingerprint density at radius 1 is 1.42 bits per heavy atom. The fourth-order valence-corrected chi connectivity index (χ4v) is 2.18. The summed E-state index contributed by atoms with van der Waals surface area (Å²) in [6, 6.07) is 7.31. The van der Waals surface area contributed by atoms with Crippen molar-refractivity contribution >= 4 is 29.3 Å². The van der Waals surface area contributed by atoms with Gasteiger partial charge in [0.2, 0.25) is 11.1 Å². The van der Waals surface area contributed by atoms with E-state index >= 15 is 0 Å². The molecule has 0 saturated carbocycles. The predicted molar refractivity (Wildman–Crippen MR) is 76.2 cm³/mol. The molecule has 1 heterocycles. The first-order valence-electron chi connectivity index (χ1n) is 5.77. The van der Waals surface area contributed by atoms with Crippen LogP contribution < -0.4 is 5.32 Å². The van der Waals surface area contributed by atoms with Crippen LogP contribution in [0.25, 0.3) is 11.4 Å². The Morgan fingerprint density at radius 3 is 2.84 bits per heavy atom. The van der Waals surface area contributed by atoms with Crippen LogP contribution in [0.15, 0.2) is 29.4 Å². The van der Waals surface area contributed by atoms with Crippen molar-refractivity contribution in [3.63, 3.8) is 0 Å². The van der Waals surface area contributed by atoms with E-state index in [1.165, 1.54) is 11.8 Å². The van der Waals surface area contributed by atoms with Crippen LogP contribution in [0.3, 0.4) is 0 Å². The molecule has 1 amide bonds. The van der Waals surface area contributed by atoms with E-state index in [0.717, 1.165) is 5.56 Å². The van der Waals surface area contributed by atoms with E-state index in [-0.39, 0.29) is 5.91 Å². The summed E-state index contributed by atoms with van der Waals surface area (Å²) in [6.45, 7) is 2.51. The molecule has 1 aromatic heterocycles. The molecule has 0 aliphatic heterocycles. The number of halogens is 1. The third-order valence-corrected chi connectivity index (χ3v) is 3.39. The standard InChI is InChI=1S/C12H13ClN4OS/c1-2-14-10(18)7-19-12-15-11(16-17-12)8-3-5-9(13)6-4-8/h3-6H,2,7H2,1H3,(H,14,18)(H,15,16,17). The second-order valence-electron chi connectivity index (χ2n) is 3.72. The number of thioether (sulfide) groups is 1. The lowest BCUT2D eigenvalue weighted by Gasteiger charge is -1.98. The molecule has 19 heavy (non-hydrogen) atoms. The summed E-state index contributed by atoms with van der Waals surface area (Å²) in [4.78, 5) is 15.6. The molecular weight excluding hydrogens is 284 g/mol. The molecule has 0 radical (unpaired) electrons. The highest BCUT2D eigenvalue weighted by Gasteiger charge is 2.08. The summed E-state index contributed by atoms with van der Waals surface area (Å²) >= 11 is 7.12. The van der Waals surface area contributed by atoms with Crippen molar-refractivity contribution < 1.29 is 4.79 Å². The van der Waals surface area contributed by atoms with Gasteiger partial charge in [0.15, 0.2) is 5.82 Å². The molecule has 0 spiro atoms. The number of hydrogen-bond acceptors (Lipinski definition) is 4. The van der Waals surface area contributed by atoms with Crippen molar-refractivity contribution in [3.8, 4) is 11.4 Å². The van der Waals surface area contributed by atoms with Crippen molar-refractivity contribution in [3.05, 3.63) is 29.3 Å². The molecule has 0 unspecified atom stereocenters. The second-order valence-corrected chi connectivity index (χ2v) is 5.09. The number of carbonyl (C=O) groups excluding carboxylic acids is 1. The molecule has 0 aliphatic rings. The Labute approximate surface area is 120 Å². The highest BCUT2D eigenvalue weighted by molar-refractivity contribution is 7.99. The number of aromatic nitrogens is 3. The first-order chi connectivity index (χ1) is 9.19. The fraction of sp³-hybridized carbons (Fsp3) is 0.250. The van der Waals surface area contributed by atoms with E-state index in [9.17, 15) is 4.79 Å². The first-order valence-corrected chi connectivity index (χ1v) is 7.13. The minimum Gasteiger partial charge on any atom is -0.356 e. The van der Waals surface area contributed by atoms with E-state index in [2.05, 4.69) is 20.5 Å². The zero-order chi connectivity index (χ0) is 13.7. The van der Waals surface area contributed by atoms with Crippen LogP contribution in [0.4, 0.5) is 0 Å². The smallest absolute Gasteiger partial charge is 0.230 e. The third-order valence-electron chi connectivity index (χ3n) is 2.29. The maximum atomic E-state index is 11.3. The number of H-pyrrole nitrogens is 1. The molecule has 5 nitrogen and oxygen atoms in total. The maximum Gasteiger partial charge on any atom is 0.230 e. The van der Waals surface area contributed by atoms with Gasteiger partial charge in [-0.25, -0.2) is 4.98 Å². The molecule has 1 aromatic carbocycles. The van der Waals surface area contributed by atoms with Crippen LogP contribution in [0.5, 0.6) is 0 Å². The van der Waals surface area contributed by atoms with Crippen molar-refractivity contribution in [2.75, 3.05) is 12.3 Å². The predicted octanol–water partition coefficient (Wildman–Crippen LogP) is 2.35. The number of carbonyl (C=O) groups is 1. The number of hydrogen-bond donors (Lipinski definition) is 2. The van der Waals surface area contributed by atoms with Crippen LogP contribution >= 0.6 is 23.4 Å². The Kier molecular flexibility index (Phi) is 4.81. The average molecular weight is 297 g/mol. The highest BCUT2D eigenvalue weighted by Crippen LogP contribution is 2.20. The molecule has 100 valence electrons. The minimum atomic E-state index is -0.0228. The van der Waals surface area contributed by atoms with Crippen LogP contribution in [0, 0.1) is 0 Å². The van der Waals surface area contributed by atoms with E-state index in [4.69, 9.17) is 11.6 Å². The number of amides is 1. The Balaban J connectivity index is 1.99. The number of rotatable bonds is 5.